The van der Waals surface area contributed by atoms with Gasteiger partial charge in [0.2, 0.25) is 0 Å². The number of para-hydroxylation sites is 1. The second kappa shape index (κ2) is 7.36. The zero-order valence-electron chi connectivity index (χ0n) is 15.9. The van der Waals surface area contributed by atoms with E-state index in [4.69, 9.17) is 0 Å². The first kappa shape index (κ1) is 17.4. The Morgan fingerprint density at radius 1 is 0.897 bits per heavy atom. The van der Waals surface area contributed by atoms with E-state index in [-0.39, 0.29) is 5.91 Å². The van der Waals surface area contributed by atoms with Crippen LogP contribution in [0.1, 0.15) is 21.5 Å². The van der Waals surface area contributed by atoms with Crippen molar-refractivity contribution in [3.8, 4) is 0 Å². The van der Waals surface area contributed by atoms with Crippen LogP contribution in [0.5, 0.6) is 0 Å². The number of amides is 1. The third-order valence-electron chi connectivity index (χ3n) is 5.35. The van der Waals surface area contributed by atoms with Crippen LogP contribution in [-0.2, 0) is 13.0 Å². The molecule has 4 aromatic rings. The highest BCUT2D eigenvalue weighted by molar-refractivity contribution is 6.08. The Morgan fingerprint density at radius 3 is 2.62 bits per heavy atom. The summed E-state index contributed by atoms with van der Waals surface area (Å²) in [5, 5.41) is 3.95. The molecule has 5 rings (SSSR count). The van der Waals surface area contributed by atoms with Gasteiger partial charge in [-0.25, -0.2) is 4.98 Å². The summed E-state index contributed by atoms with van der Waals surface area (Å²) in [5.74, 6) is 0.703. The van der Waals surface area contributed by atoms with E-state index < -0.39 is 0 Å². The number of nitrogens with one attached hydrogen (secondary N) is 1. The highest BCUT2D eigenvalue weighted by Crippen LogP contribution is 2.24. The number of hydrogen-bond acceptors (Lipinski definition) is 4. The number of hydrogen-bond donors (Lipinski definition) is 1. The van der Waals surface area contributed by atoms with Crippen molar-refractivity contribution in [2.45, 2.75) is 13.0 Å². The minimum absolute atomic E-state index is 0.189. The summed E-state index contributed by atoms with van der Waals surface area (Å²) >= 11 is 0. The van der Waals surface area contributed by atoms with Crippen molar-refractivity contribution in [3.05, 3.63) is 95.8 Å². The van der Waals surface area contributed by atoms with Crippen LogP contribution in [0.3, 0.4) is 0 Å². The van der Waals surface area contributed by atoms with Gasteiger partial charge in [0, 0.05) is 30.9 Å². The Kier molecular flexibility index (Phi) is 4.41. The van der Waals surface area contributed by atoms with Gasteiger partial charge in [0.05, 0.1) is 16.8 Å². The Morgan fingerprint density at radius 2 is 1.76 bits per heavy atom. The molecule has 0 radical (unpaired) electrons. The van der Waals surface area contributed by atoms with Gasteiger partial charge in [0.1, 0.15) is 5.82 Å². The maximum atomic E-state index is 12.7. The average Bonchev–Trinajstić information content (AvgIpc) is 2.79. The van der Waals surface area contributed by atoms with Crippen molar-refractivity contribution >= 4 is 28.3 Å². The van der Waals surface area contributed by atoms with Gasteiger partial charge in [-0.15, -0.1) is 0 Å². The van der Waals surface area contributed by atoms with E-state index in [1.807, 2.05) is 42.5 Å². The molecule has 2 aromatic heterocycles. The second-order valence-corrected chi connectivity index (χ2v) is 7.18. The first-order valence-electron chi connectivity index (χ1n) is 9.71. The number of fused-ring (bicyclic) bond motifs is 2. The van der Waals surface area contributed by atoms with Crippen molar-refractivity contribution in [2.24, 2.45) is 0 Å². The van der Waals surface area contributed by atoms with E-state index in [2.05, 4.69) is 44.5 Å². The number of rotatable bonds is 3. The molecule has 5 nitrogen and oxygen atoms in total. The summed E-state index contributed by atoms with van der Waals surface area (Å²) in [5.41, 5.74) is 4.75. The summed E-state index contributed by atoms with van der Waals surface area (Å²) < 4.78 is 0. The molecule has 0 aliphatic carbocycles. The highest BCUT2D eigenvalue weighted by Gasteiger charge is 2.17. The van der Waals surface area contributed by atoms with Crippen molar-refractivity contribution in [1.29, 1.82) is 0 Å². The van der Waals surface area contributed by atoms with Crippen LogP contribution in [0.2, 0.25) is 0 Å². The van der Waals surface area contributed by atoms with Gasteiger partial charge >= 0.3 is 0 Å². The Labute approximate surface area is 169 Å². The summed E-state index contributed by atoms with van der Waals surface area (Å²) in [6.45, 7) is 1.77. The molecular formula is C24H20N4O. The van der Waals surface area contributed by atoms with Crippen LogP contribution >= 0.6 is 0 Å². The normalized spacial score (nSPS) is 13.2. The molecule has 1 aliphatic heterocycles. The van der Waals surface area contributed by atoms with Crippen molar-refractivity contribution in [3.63, 3.8) is 0 Å². The molecule has 142 valence electrons. The molecule has 3 heterocycles. The molecule has 0 spiro atoms. The lowest BCUT2D eigenvalue weighted by Gasteiger charge is -2.29. The molecule has 0 atom stereocenters. The number of anilines is 2. The molecule has 0 bridgehead atoms. The summed E-state index contributed by atoms with van der Waals surface area (Å²) in [6.07, 6.45) is 4.38. The van der Waals surface area contributed by atoms with Crippen LogP contribution in [0.25, 0.3) is 10.9 Å². The van der Waals surface area contributed by atoms with Crippen LogP contribution in [0.4, 0.5) is 11.5 Å². The largest absolute Gasteiger partial charge is 0.352 e. The predicted molar refractivity (Wildman–Crippen MR) is 115 cm³/mol. The SMILES string of the molecule is O=C(Nc1cccc2cccnc12)c1ccc(N2CCc3ccccc3C2)nc1. The lowest BCUT2D eigenvalue weighted by Crippen LogP contribution is -2.31. The summed E-state index contributed by atoms with van der Waals surface area (Å²) in [6, 6.07) is 21.9. The number of carbonyl (C=O) groups is 1. The molecule has 5 heteroatoms. The van der Waals surface area contributed by atoms with Gasteiger partial charge in [0.25, 0.3) is 5.91 Å². The van der Waals surface area contributed by atoms with Gasteiger partial charge in [-0.1, -0.05) is 42.5 Å². The fourth-order valence-electron chi connectivity index (χ4n) is 3.80. The van der Waals surface area contributed by atoms with Crippen LogP contribution in [0.15, 0.2) is 79.1 Å². The predicted octanol–water partition coefficient (Wildman–Crippen LogP) is 4.44. The molecule has 0 saturated carbocycles. The van der Waals surface area contributed by atoms with Gasteiger partial charge in [-0.2, -0.15) is 0 Å². The average molecular weight is 380 g/mol. The minimum atomic E-state index is -0.189. The quantitative estimate of drug-likeness (QED) is 0.571. The molecule has 1 aliphatic rings. The van der Waals surface area contributed by atoms with Gasteiger partial charge in [-0.05, 0) is 41.8 Å². The number of aromatic nitrogens is 2. The molecule has 1 N–H and O–H groups in total. The van der Waals surface area contributed by atoms with E-state index >= 15 is 0 Å². The minimum Gasteiger partial charge on any atom is -0.352 e. The Hall–Kier alpha value is -3.73. The number of benzene rings is 2. The first-order chi connectivity index (χ1) is 14.3. The number of pyridine rings is 2. The molecule has 2 aromatic carbocycles. The zero-order valence-corrected chi connectivity index (χ0v) is 15.9. The summed E-state index contributed by atoms with van der Waals surface area (Å²) in [4.78, 5) is 23.9. The van der Waals surface area contributed by atoms with Crippen molar-refractivity contribution < 1.29 is 4.79 Å². The van der Waals surface area contributed by atoms with E-state index in [1.165, 1.54) is 11.1 Å². The van der Waals surface area contributed by atoms with Crippen molar-refractivity contribution in [2.75, 3.05) is 16.8 Å². The third kappa shape index (κ3) is 3.43. The Bertz CT molecular complexity index is 1180. The maximum Gasteiger partial charge on any atom is 0.257 e. The molecular weight excluding hydrogens is 360 g/mol. The molecule has 0 saturated heterocycles. The van der Waals surface area contributed by atoms with Crippen molar-refractivity contribution in [1.82, 2.24) is 9.97 Å². The van der Waals surface area contributed by atoms with E-state index in [0.29, 0.717) is 11.3 Å². The van der Waals surface area contributed by atoms with Crippen LogP contribution in [-0.4, -0.2) is 22.4 Å². The first-order valence-corrected chi connectivity index (χ1v) is 9.71. The van der Waals surface area contributed by atoms with Gasteiger partial charge in [-0.3, -0.25) is 9.78 Å². The third-order valence-corrected chi connectivity index (χ3v) is 5.35. The second-order valence-electron chi connectivity index (χ2n) is 7.18. The lowest BCUT2D eigenvalue weighted by atomic mass is 10.00. The smallest absolute Gasteiger partial charge is 0.257 e. The molecule has 0 unspecified atom stereocenters. The van der Waals surface area contributed by atoms with Crippen LogP contribution < -0.4 is 10.2 Å². The topological polar surface area (TPSA) is 58.1 Å². The monoisotopic (exact) mass is 380 g/mol. The molecule has 29 heavy (non-hydrogen) atoms. The fourth-order valence-corrected chi connectivity index (χ4v) is 3.80. The molecule has 0 fully saturated rings. The van der Waals surface area contributed by atoms with Crippen LogP contribution in [0, 0.1) is 0 Å². The van der Waals surface area contributed by atoms with E-state index in [1.54, 1.807) is 12.4 Å². The number of nitrogens with zero attached hydrogens (tertiary/aromatic N) is 3. The van der Waals surface area contributed by atoms with Gasteiger partial charge in [0.15, 0.2) is 0 Å². The highest BCUT2D eigenvalue weighted by atomic mass is 16.1. The van der Waals surface area contributed by atoms with E-state index in [0.717, 1.165) is 36.2 Å². The molecule has 1 amide bonds. The fraction of sp³-hybridized carbons (Fsp3) is 0.125. The standard InChI is InChI=1S/C24H20N4O/c29-24(27-21-9-3-7-18-8-4-13-25-23(18)21)19-10-11-22(26-15-19)28-14-12-17-5-1-2-6-20(17)16-28/h1-11,13,15H,12,14,16H2,(H,27,29). The lowest BCUT2D eigenvalue weighted by molar-refractivity contribution is 0.102. The van der Waals surface area contributed by atoms with Gasteiger partial charge < -0.3 is 10.2 Å². The maximum absolute atomic E-state index is 12.7. The van der Waals surface area contributed by atoms with E-state index in [9.17, 15) is 4.79 Å². The summed E-state index contributed by atoms with van der Waals surface area (Å²) in [7, 11) is 0. The number of carbonyl (C=O) groups excluding carboxylic acids is 1. The zero-order chi connectivity index (χ0) is 19.6. The Balaban J connectivity index is 1.33.